The van der Waals surface area contributed by atoms with Gasteiger partial charge >= 0.3 is 0 Å². The summed E-state index contributed by atoms with van der Waals surface area (Å²) >= 11 is 0. The molecule has 0 amide bonds. The van der Waals surface area contributed by atoms with Crippen molar-refractivity contribution in [1.29, 1.82) is 0 Å². The third-order valence-corrected chi connectivity index (χ3v) is 5.21. The molecule has 1 aliphatic carbocycles. The number of hydrogen-bond acceptors (Lipinski definition) is 3. The second kappa shape index (κ2) is 4.67. The fourth-order valence-electron chi connectivity index (χ4n) is 4.19. The summed E-state index contributed by atoms with van der Waals surface area (Å²) in [6.45, 7) is 4.31. The number of methoxy groups -OCH3 is 2. The third kappa shape index (κ3) is 1.68. The first-order valence-corrected chi connectivity index (χ1v) is 7.75. The van der Waals surface area contributed by atoms with Gasteiger partial charge in [0.2, 0.25) is 0 Å². The van der Waals surface area contributed by atoms with Gasteiger partial charge in [-0.05, 0) is 66.3 Å². The first-order valence-electron chi connectivity index (χ1n) is 7.75. The smallest absolute Gasteiger partial charge is 0.124 e. The molecule has 114 valence electrons. The Kier molecular flexibility index (Phi) is 2.86. The molecule has 2 aromatic rings. The number of nitrogens with one attached hydrogen (secondary N) is 1. The molecular weight excluding hydrogens is 274 g/mol. The highest BCUT2D eigenvalue weighted by molar-refractivity contribution is 5.67. The lowest BCUT2D eigenvalue weighted by molar-refractivity contribution is 0.408. The Morgan fingerprint density at radius 2 is 1.86 bits per heavy atom. The van der Waals surface area contributed by atoms with Gasteiger partial charge in [-0.3, -0.25) is 0 Å². The summed E-state index contributed by atoms with van der Waals surface area (Å²) in [7, 11) is 3.49. The Morgan fingerprint density at radius 3 is 2.59 bits per heavy atom. The summed E-state index contributed by atoms with van der Waals surface area (Å²) in [5.41, 5.74) is 7.99. The molecule has 1 aliphatic heterocycles. The Balaban J connectivity index is 1.81. The van der Waals surface area contributed by atoms with Crippen LogP contribution >= 0.6 is 0 Å². The van der Waals surface area contributed by atoms with E-state index in [-0.39, 0.29) is 0 Å². The standard InChI is InChI=1S/C19H21NO2/c1-10-7-15-13(11(2)19(10)22-4)9-16-14-8-12(21-3)5-6-17(14)20-18(15)16/h5-8,16,18,20H,9H2,1-4H3/t16-,18-/m0/s1. The SMILES string of the molecule is COc1ccc2c(c1)[C@@H]1Cc3c(cc(C)c(OC)c3C)[C@@H]1N2. The van der Waals surface area contributed by atoms with Gasteiger partial charge in [0.1, 0.15) is 11.5 Å². The van der Waals surface area contributed by atoms with Crippen molar-refractivity contribution in [1.82, 2.24) is 0 Å². The van der Waals surface area contributed by atoms with Gasteiger partial charge in [0, 0.05) is 11.6 Å². The number of benzene rings is 2. The van der Waals surface area contributed by atoms with E-state index in [0.717, 1.165) is 17.9 Å². The first kappa shape index (κ1) is 13.5. The minimum Gasteiger partial charge on any atom is -0.497 e. The molecule has 22 heavy (non-hydrogen) atoms. The van der Waals surface area contributed by atoms with Gasteiger partial charge in [0.15, 0.2) is 0 Å². The summed E-state index contributed by atoms with van der Waals surface area (Å²) in [5.74, 6) is 2.46. The van der Waals surface area contributed by atoms with Gasteiger partial charge in [-0.15, -0.1) is 0 Å². The van der Waals surface area contributed by atoms with E-state index in [2.05, 4.69) is 37.4 Å². The zero-order valence-corrected chi connectivity index (χ0v) is 13.5. The molecule has 3 heteroatoms. The topological polar surface area (TPSA) is 30.5 Å². The van der Waals surface area contributed by atoms with E-state index < -0.39 is 0 Å². The molecule has 0 fully saturated rings. The highest BCUT2D eigenvalue weighted by Crippen LogP contribution is 2.54. The van der Waals surface area contributed by atoms with Gasteiger partial charge in [-0.2, -0.15) is 0 Å². The van der Waals surface area contributed by atoms with Gasteiger partial charge in [0.05, 0.1) is 20.3 Å². The summed E-state index contributed by atoms with van der Waals surface area (Å²) in [6.07, 6.45) is 1.07. The van der Waals surface area contributed by atoms with Crippen LogP contribution in [0.5, 0.6) is 11.5 Å². The van der Waals surface area contributed by atoms with Crippen LogP contribution in [0.4, 0.5) is 5.69 Å². The number of fused-ring (bicyclic) bond motifs is 5. The molecule has 4 rings (SSSR count). The second-order valence-electron chi connectivity index (χ2n) is 6.31. The average molecular weight is 295 g/mol. The van der Waals surface area contributed by atoms with Gasteiger partial charge in [-0.25, -0.2) is 0 Å². The predicted molar refractivity (Wildman–Crippen MR) is 88.3 cm³/mol. The quantitative estimate of drug-likeness (QED) is 0.903. The number of rotatable bonds is 2. The normalized spacial score (nSPS) is 20.9. The fraction of sp³-hybridized carbons (Fsp3) is 0.368. The minimum absolute atomic E-state index is 0.375. The van der Waals surface area contributed by atoms with Crippen LogP contribution in [-0.4, -0.2) is 14.2 Å². The first-order chi connectivity index (χ1) is 10.6. The van der Waals surface area contributed by atoms with E-state index >= 15 is 0 Å². The highest BCUT2D eigenvalue weighted by Gasteiger charge is 2.41. The maximum Gasteiger partial charge on any atom is 0.124 e. The van der Waals surface area contributed by atoms with Crippen molar-refractivity contribution in [3.8, 4) is 11.5 Å². The molecule has 0 aromatic heterocycles. The van der Waals surface area contributed by atoms with Crippen LogP contribution in [0, 0.1) is 13.8 Å². The minimum atomic E-state index is 0.375. The van der Waals surface area contributed by atoms with Crippen LogP contribution < -0.4 is 14.8 Å². The van der Waals surface area contributed by atoms with Crippen LogP contribution in [0.3, 0.4) is 0 Å². The van der Waals surface area contributed by atoms with E-state index in [1.165, 1.54) is 33.5 Å². The second-order valence-corrected chi connectivity index (χ2v) is 6.31. The van der Waals surface area contributed by atoms with E-state index in [1.54, 1.807) is 14.2 Å². The lowest BCUT2D eigenvalue weighted by atomic mass is 9.95. The zero-order valence-electron chi connectivity index (χ0n) is 13.5. The largest absolute Gasteiger partial charge is 0.497 e. The van der Waals surface area contributed by atoms with Crippen LogP contribution in [0.2, 0.25) is 0 Å². The van der Waals surface area contributed by atoms with Crippen LogP contribution in [0.25, 0.3) is 0 Å². The summed E-state index contributed by atoms with van der Waals surface area (Å²) in [6, 6.07) is 9.01. The highest BCUT2D eigenvalue weighted by atomic mass is 16.5. The number of ether oxygens (including phenoxy) is 2. The van der Waals surface area contributed by atoms with Crippen molar-refractivity contribution in [2.75, 3.05) is 19.5 Å². The van der Waals surface area contributed by atoms with Crippen molar-refractivity contribution in [2.45, 2.75) is 32.2 Å². The lowest BCUT2D eigenvalue weighted by Crippen LogP contribution is -2.06. The molecule has 0 saturated carbocycles. The Labute approximate surface area is 131 Å². The summed E-state index contributed by atoms with van der Waals surface area (Å²) < 4.78 is 11.0. The van der Waals surface area contributed by atoms with Crippen molar-refractivity contribution in [2.24, 2.45) is 0 Å². The van der Waals surface area contributed by atoms with Gasteiger partial charge in [-0.1, -0.05) is 6.07 Å². The Bertz CT molecular complexity index is 767. The molecule has 2 aliphatic rings. The van der Waals surface area contributed by atoms with Crippen LogP contribution in [0.1, 0.15) is 39.8 Å². The number of anilines is 1. The maximum absolute atomic E-state index is 5.59. The fourth-order valence-corrected chi connectivity index (χ4v) is 4.19. The van der Waals surface area contributed by atoms with E-state index in [9.17, 15) is 0 Å². The molecule has 2 aromatic carbocycles. The Morgan fingerprint density at radius 1 is 1.05 bits per heavy atom. The van der Waals surface area contributed by atoms with Crippen molar-refractivity contribution in [3.63, 3.8) is 0 Å². The molecule has 0 unspecified atom stereocenters. The molecule has 0 spiro atoms. The molecule has 3 nitrogen and oxygen atoms in total. The van der Waals surface area contributed by atoms with Gasteiger partial charge in [0.25, 0.3) is 0 Å². The van der Waals surface area contributed by atoms with E-state index in [0.29, 0.717) is 12.0 Å². The lowest BCUT2D eigenvalue weighted by Gasteiger charge is -2.16. The molecule has 0 saturated heterocycles. The monoisotopic (exact) mass is 295 g/mol. The predicted octanol–water partition coefficient (Wildman–Crippen LogP) is 4.13. The zero-order chi connectivity index (χ0) is 15.4. The van der Waals surface area contributed by atoms with Crippen LogP contribution in [-0.2, 0) is 6.42 Å². The molecule has 1 heterocycles. The van der Waals surface area contributed by atoms with E-state index in [4.69, 9.17) is 9.47 Å². The van der Waals surface area contributed by atoms with Gasteiger partial charge < -0.3 is 14.8 Å². The van der Waals surface area contributed by atoms with Crippen molar-refractivity contribution < 1.29 is 9.47 Å². The van der Waals surface area contributed by atoms with Crippen molar-refractivity contribution in [3.05, 3.63) is 52.1 Å². The molecule has 0 bridgehead atoms. The molecule has 2 atom stereocenters. The molecular formula is C19H21NO2. The summed E-state index contributed by atoms with van der Waals surface area (Å²) in [5, 5.41) is 3.70. The molecule has 1 N–H and O–H groups in total. The van der Waals surface area contributed by atoms with E-state index in [1.807, 2.05) is 6.07 Å². The number of aryl methyl sites for hydroxylation is 1. The number of hydrogen-bond donors (Lipinski definition) is 1. The summed E-state index contributed by atoms with van der Waals surface area (Å²) in [4.78, 5) is 0. The third-order valence-electron chi connectivity index (χ3n) is 5.21. The van der Waals surface area contributed by atoms with Crippen LogP contribution in [0.15, 0.2) is 24.3 Å². The average Bonchev–Trinajstić information content (AvgIpc) is 3.04. The molecule has 0 radical (unpaired) electrons. The maximum atomic E-state index is 5.59. The van der Waals surface area contributed by atoms with Crippen molar-refractivity contribution >= 4 is 5.69 Å². The Hall–Kier alpha value is -2.16.